The van der Waals surface area contributed by atoms with E-state index in [2.05, 4.69) is 120 Å². The highest BCUT2D eigenvalue weighted by Crippen LogP contribution is 2.34. The maximum atomic E-state index is 5.11. The van der Waals surface area contributed by atoms with E-state index in [0.717, 1.165) is 42.8 Å². The Balaban J connectivity index is 1.66. The van der Waals surface area contributed by atoms with Crippen molar-refractivity contribution < 1.29 is 0 Å². The van der Waals surface area contributed by atoms with Crippen molar-refractivity contribution in [1.29, 1.82) is 0 Å². The van der Waals surface area contributed by atoms with E-state index in [1.54, 1.807) is 0 Å². The summed E-state index contributed by atoms with van der Waals surface area (Å²) in [4.78, 5) is 10.1. The molecule has 0 radical (unpaired) electrons. The van der Waals surface area contributed by atoms with Crippen molar-refractivity contribution in [3.8, 4) is 22.3 Å². The summed E-state index contributed by atoms with van der Waals surface area (Å²) >= 11 is 0. The molecular formula is C41H50N2. The molecule has 224 valence electrons. The summed E-state index contributed by atoms with van der Waals surface area (Å²) in [6.07, 6.45) is 13.8. The Morgan fingerprint density at radius 2 is 1.21 bits per heavy atom. The van der Waals surface area contributed by atoms with Crippen molar-refractivity contribution in [2.75, 3.05) is 0 Å². The zero-order valence-corrected chi connectivity index (χ0v) is 27.1. The third-order valence-electron chi connectivity index (χ3n) is 8.54. The van der Waals surface area contributed by atoms with Crippen molar-refractivity contribution in [3.63, 3.8) is 0 Å². The van der Waals surface area contributed by atoms with E-state index in [9.17, 15) is 0 Å². The van der Waals surface area contributed by atoms with Crippen LogP contribution >= 0.6 is 0 Å². The van der Waals surface area contributed by atoms with Crippen LogP contribution in [0.3, 0.4) is 0 Å². The summed E-state index contributed by atoms with van der Waals surface area (Å²) in [5, 5.41) is 0. The smallest absolute Gasteiger partial charge is 0.0642 e. The molecule has 0 bridgehead atoms. The molecule has 4 aromatic rings. The molecule has 4 rings (SSSR count). The molecule has 4 aromatic carbocycles. The molecule has 0 saturated carbocycles. The minimum absolute atomic E-state index is 0.821. The number of nitrogens with zero attached hydrogens (tertiary/aromatic N) is 2. The molecule has 0 atom stereocenters. The normalized spacial score (nSPS) is 11.9. The van der Waals surface area contributed by atoms with E-state index in [-0.39, 0.29) is 0 Å². The molecular weight excluding hydrogens is 520 g/mol. The van der Waals surface area contributed by atoms with Gasteiger partial charge in [-0.15, -0.1) is 0 Å². The van der Waals surface area contributed by atoms with Crippen molar-refractivity contribution in [1.82, 2.24) is 0 Å². The Bertz CT molecular complexity index is 1500. The number of unbranched alkanes of at least 4 members (excludes halogenated alkanes) is 5. The Labute approximate surface area is 261 Å². The van der Waals surface area contributed by atoms with Crippen LogP contribution in [-0.4, -0.2) is 11.9 Å². The standard InChI is InChI=1S/C41H50N2/c1-6-10-11-12-13-20-25-39-33(8-3)27-37(28-41(39)35-23-18-15-19-24-35)42-30-36(9-4)43-38-26-32(7-2)31(5)40(29-38)34-21-16-14-17-22-34/h14-19,21-24,26-30H,6-13,20,25H2,1-5H3. The molecule has 0 fully saturated rings. The monoisotopic (exact) mass is 570 g/mol. The average Bonchev–Trinajstić information content (AvgIpc) is 3.06. The maximum absolute atomic E-state index is 5.11. The molecule has 0 aliphatic carbocycles. The summed E-state index contributed by atoms with van der Waals surface area (Å²) in [5.74, 6) is 0. The fourth-order valence-electron chi connectivity index (χ4n) is 5.98. The van der Waals surface area contributed by atoms with E-state index in [1.807, 2.05) is 6.21 Å². The number of benzene rings is 4. The Morgan fingerprint density at radius 3 is 1.84 bits per heavy atom. The molecule has 0 unspecified atom stereocenters. The lowest BCUT2D eigenvalue weighted by Gasteiger charge is -2.16. The van der Waals surface area contributed by atoms with Crippen LogP contribution in [0.25, 0.3) is 22.3 Å². The lowest BCUT2D eigenvalue weighted by Crippen LogP contribution is -2.00. The van der Waals surface area contributed by atoms with Gasteiger partial charge in [0.1, 0.15) is 0 Å². The third-order valence-corrected chi connectivity index (χ3v) is 8.54. The summed E-state index contributed by atoms with van der Waals surface area (Å²) in [5.41, 5.74) is 13.7. The molecule has 0 amide bonds. The summed E-state index contributed by atoms with van der Waals surface area (Å²) in [6, 6.07) is 30.6. The molecule has 2 heteroatoms. The van der Waals surface area contributed by atoms with Crippen LogP contribution in [-0.2, 0) is 19.3 Å². The van der Waals surface area contributed by atoms with Crippen LogP contribution in [0.5, 0.6) is 0 Å². The van der Waals surface area contributed by atoms with Gasteiger partial charge in [0.25, 0.3) is 0 Å². The lowest BCUT2D eigenvalue weighted by molar-refractivity contribution is 0.607. The summed E-state index contributed by atoms with van der Waals surface area (Å²) in [6.45, 7) is 11.2. The third kappa shape index (κ3) is 8.86. The van der Waals surface area contributed by atoms with Crippen LogP contribution < -0.4 is 0 Å². The van der Waals surface area contributed by atoms with Gasteiger partial charge in [0.15, 0.2) is 0 Å². The molecule has 2 nitrogen and oxygen atoms in total. The fourth-order valence-corrected chi connectivity index (χ4v) is 5.98. The lowest BCUT2D eigenvalue weighted by atomic mass is 9.90. The Morgan fingerprint density at radius 1 is 0.628 bits per heavy atom. The molecule has 0 spiro atoms. The largest absolute Gasteiger partial charge is 0.255 e. The van der Waals surface area contributed by atoms with Gasteiger partial charge in [-0.3, -0.25) is 9.98 Å². The van der Waals surface area contributed by atoms with E-state index < -0.39 is 0 Å². The average molecular weight is 571 g/mol. The summed E-state index contributed by atoms with van der Waals surface area (Å²) in [7, 11) is 0. The molecule has 0 aromatic heterocycles. The Hall–Kier alpha value is -3.78. The molecule has 0 aliphatic heterocycles. The number of aryl methyl sites for hydroxylation is 2. The predicted molar refractivity (Wildman–Crippen MR) is 190 cm³/mol. The first-order valence-corrected chi connectivity index (χ1v) is 16.6. The number of hydrogen-bond acceptors (Lipinski definition) is 2. The van der Waals surface area contributed by atoms with Gasteiger partial charge in [-0.1, -0.05) is 120 Å². The van der Waals surface area contributed by atoms with Crippen LogP contribution in [0.1, 0.15) is 94.9 Å². The van der Waals surface area contributed by atoms with Gasteiger partial charge in [0, 0.05) is 6.21 Å². The van der Waals surface area contributed by atoms with Crippen molar-refractivity contribution >= 4 is 23.3 Å². The second-order valence-electron chi connectivity index (χ2n) is 11.6. The highest BCUT2D eigenvalue weighted by atomic mass is 14.8. The van der Waals surface area contributed by atoms with Crippen molar-refractivity contribution in [2.45, 2.75) is 98.8 Å². The van der Waals surface area contributed by atoms with Crippen LogP contribution in [0.4, 0.5) is 11.4 Å². The van der Waals surface area contributed by atoms with Gasteiger partial charge in [-0.2, -0.15) is 0 Å². The van der Waals surface area contributed by atoms with E-state index in [1.165, 1.54) is 83.0 Å². The van der Waals surface area contributed by atoms with Crippen molar-refractivity contribution in [3.05, 3.63) is 107 Å². The second kappa shape index (κ2) is 16.8. The van der Waals surface area contributed by atoms with Gasteiger partial charge < -0.3 is 0 Å². The van der Waals surface area contributed by atoms with Gasteiger partial charge in [-0.25, -0.2) is 0 Å². The number of hydrogen-bond donors (Lipinski definition) is 0. The van der Waals surface area contributed by atoms with Gasteiger partial charge in [0.2, 0.25) is 0 Å². The van der Waals surface area contributed by atoms with Gasteiger partial charge in [0.05, 0.1) is 17.1 Å². The molecule has 0 heterocycles. The molecule has 43 heavy (non-hydrogen) atoms. The highest BCUT2D eigenvalue weighted by molar-refractivity contribution is 6.31. The van der Waals surface area contributed by atoms with Gasteiger partial charge in [-0.05, 0) is 108 Å². The number of rotatable bonds is 15. The molecule has 0 aliphatic rings. The molecule has 0 saturated heterocycles. The van der Waals surface area contributed by atoms with E-state index in [4.69, 9.17) is 9.98 Å². The Kier molecular flexibility index (Phi) is 12.5. The van der Waals surface area contributed by atoms with E-state index in [0.29, 0.717) is 0 Å². The minimum atomic E-state index is 0.821. The number of aliphatic imine (C=N–C) groups is 2. The first kappa shape index (κ1) is 32.1. The highest BCUT2D eigenvalue weighted by Gasteiger charge is 2.13. The van der Waals surface area contributed by atoms with Gasteiger partial charge >= 0.3 is 0 Å². The van der Waals surface area contributed by atoms with E-state index >= 15 is 0 Å². The van der Waals surface area contributed by atoms with Crippen LogP contribution in [0, 0.1) is 6.92 Å². The van der Waals surface area contributed by atoms with Crippen molar-refractivity contribution in [2.24, 2.45) is 9.98 Å². The second-order valence-corrected chi connectivity index (χ2v) is 11.6. The molecule has 0 N–H and O–H groups in total. The minimum Gasteiger partial charge on any atom is -0.255 e. The first-order valence-electron chi connectivity index (χ1n) is 16.6. The SMILES string of the molecule is CCCCCCCCc1c(CC)cc(N=CC(CC)=Nc2cc(CC)c(C)c(-c3ccccc3)c2)cc1-c1ccccc1. The topological polar surface area (TPSA) is 24.7 Å². The predicted octanol–water partition coefficient (Wildman–Crippen LogP) is 12.2. The summed E-state index contributed by atoms with van der Waals surface area (Å²) < 4.78 is 0. The zero-order chi connectivity index (χ0) is 30.4. The zero-order valence-electron chi connectivity index (χ0n) is 27.1. The van der Waals surface area contributed by atoms with Crippen LogP contribution in [0.15, 0.2) is 94.9 Å². The quantitative estimate of drug-likeness (QED) is 0.100. The first-order chi connectivity index (χ1) is 21.1. The fraction of sp³-hybridized carbons (Fsp3) is 0.366. The maximum Gasteiger partial charge on any atom is 0.0642 e. The van der Waals surface area contributed by atoms with Crippen LogP contribution in [0.2, 0.25) is 0 Å².